The van der Waals surface area contributed by atoms with Crippen molar-refractivity contribution < 1.29 is 5.11 Å². The fourth-order valence-electron chi connectivity index (χ4n) is 1.15. The van der Waals surface area contributed by atoms with E-state index in [2.05, 4.69) is 25.6 Å². The van der Waals surface area contributed by atoms with Crippen molar-refractivity contribution in [1.82, 2.24) is 15.0 Å². The molecular formula is C12H22ClN5O. The molecule has 6 nitrogen and oxygen atoms in total. The van der Waals surface area contributed by atoms with E-state index in [0.29, 0.717) is 11.9 Å². The van der Waals surface area contributed by atoms with Crippen molar-refractivity contribution in [3.05, 3.63) is 5.28 Å². The van der Waals surface area contributed by atoms with Gasteiger partial charge in [0, 0.05) is 6.54 Å². The summed E-state index contributed by atoms with van der Waals surface area (Å²) < 4.78 is 0. The van der Waals surface area contributed by atoms with Crippen LogP contribution in [0.4, 0.5) is 11.9 Å². The van der Waals surface area contributed by atoms with E-state index in [1.54, 1.807) is 13.8 Å². The summed E-state index contributed by atoms with van der Waals surface area (Å²) in [7, 11) is 0. The minimum absolute atomic E-state index is 0.114. The van der Waals surface area contributed by atoms with Gasteiger partial charge < -0.3 is 15.7 Å². The highest BCUT2D eigenvalue weighted by atomic mass is 35.5. The number of aliphatic hydroxyl groups is 1. The Morgan fingerprint density at radius 3 is 2.21 bits per heavy atom. The second kappa shape index (κ2) is 5.88. The first-order chi connectivity index (χ1) is 8.65. The molecule has 0 radical (unpaired) electrons. The molecule has 3 N–H and O–H groups in total. The highest BCUT2D eigenvalue weighted by molar-refractivity contribution is 6.28. The molecule has 0 unspecified atom stereocenters. The minimum atomic E-state index is -0.941. The SMILES string of the molecule is CCCNc1nc(Cl)nc(NC(C)(C)C(C)(C)O)n1. The van der Waals surface area contributed by atoms with Crippen LogP contribution in [-0.4, -0.2) is 37.7 Å². The second-order valence-corrected chi connectivity index (χ2v) is 5.83. The molecule has 0 fully saturated rings. The first kappa shape index (κ1) is 15.9. The lowest BCUT2D eigenvalue weighted by molar-refractivity contribution is 0.0237. The molecule has 0 aliphatic rings. The molecule has 7 heteroatoms. The Kier molecular flexibility index (Phi) is 4.92. The van der Waals surface area contributed by atoms with Crippen LogP contribution in [0.3, 0.4) is 0 Å². The van der Waals surface area contributed by atoms with E-state index in [0.717, 1.165) is 13.0 Å². The summed E-state index contributed by atoms with van der Waals surface area (Å²) in [5.74, 6) is 0.765. The zero-order chi connectivity index (χ0) is 14.7. The van der Waals surface area contributed by atoms with Crippen molar-refractivity contribution in [2.45, 2.75) is 52.2 Å². The van der Waals surface area contributed by atoms with Crippen molar-refractivity contribution >= 4 is 23.5 Å². The van der Waals surface area contributed by atoms with E-state index in [-0.39, 0.29) is 5.28 Å². The van der Waals surface area contributed by atoms with Gasteiger partial charge in [0.2, 0.25) is 17.2 Å². The van der Waals surface area contributed by atoms with Crippen LogP contribution in [0, 0.1) is 0 Å². The molecule has 0 aromatic carbocycles. The minimum Gasteiger partial charge on any atom is -0.388 e. The van der Waals surface area contributed by atoms with Crippen LogP contribution in [0.2, 0.25) is 5.28 Å². The summed E-state index contributed by atoms with van der Waals surface area (Å²) in [5.41, 5.74) is -1.55. The fourth-order valence-corrected chi connectivity index (χ4v) is 1.31. The lowest BCUT2D eigenvalue weighted by atomic mass is 9.86. The first-order valence-corrected chi connectivity index (χ1v) is 6.69. The average molecular weight is 288 g/mol. The van der Waals surface area contributed by atoms with Crippen molar-refractivity contribution in [2.75, 3.05) is 17.2 Å². The van der Waals surface area contributed by atoms with Gasteiger partial charge in [0.25, 0.3) is 0 Å². The van der Waals surface area contributed by atoms with Gasteiger partial charge in [-0.1, -0.05) is 6.92 Å². The van der Waals surface area contributed by atoms with Gasteiger partial charge in [-0.25, -0.2) is 0 Å². The number of hydrogen-bond donors (Lipinski definition) is 3. The highest BCUT2D eigenvalue weighted by Crippen LogP contribution is 2.25. The predicted octanol–water partition coefficient (Wildman–Crippen LogP) is 2.31. The molecule has 19 heavy (non-hydrogen) atoms. The zero-order valence-corrected chi connectivity index (χ0v) is 12.8. The van der Waals surface area contributed by atoms with Gasteiger partial charge in [0.15, 0.2) is 0 Å². The smallest absolute Gasteiger partial charge is 0.229 e. The van der Waals surface area contributed by atoms with Crippen LogP contribution >= 0.6 is 11.6 Å². The molecule has 0 aliphatic carbocycles. The van der Waals surface area contributed by atoms with Crippen LogP contribution < -0.4 is 10.6 Å². The number of rotatable bonds is 6. The third-order valence-electron chi connectivity index (χ3n) is 3.10. The molecule has 108 valence electrons. The Hall–Kier alpha value is -1.14. The zero-order valence-electron chi connectivity index (χ0n) is 12.1. The Balaban J connectivity index is 2.92. The molecule has 0 aliphatic heterocycles. The number of aromatic nitrogens is 3. The van der Waals surface area contributed by atoms with Crippen molar-refractivity contribution in [3.63, 3.8) is 0 Å². The first-order valence-electron chi connectivity index (χ1n) is 6.31. The molecule has 1 heterocycles. The van der Waals surface area contributed by atoms with Gasteiger partial charge in [-0.3, -0.25) is 0 Å². The van der Waals surface area contributed by atoms with Gasteiger partial charge in [-0.05, 0) is 45.7 Å². The number of halogens is 1. The summed E-state index contributed by atoms with van der Waals surface area (Å²) in [6, 6.07) is 0. The maximum atomic E-state index is 10.1. The molecule has 1 aromatic rings. The third kappa shape index (κ3) is 4.47. The molecule has 0 spiro atoms. The standard InChI is InChI=1S/C12H22ClN5O/c1-6-7-14-9-15-8(13)16-10(17-9)18-11(2,3)12(4,5)19/h19H,6-7H2,1-5H3,(H2,14,15,16,17,18). The maximum absolute atomic E-state index is 10.1. The van der Waals surface area contributed by atoms with Crippen molar-refractivity contribution in [2.24, 2.45) is 0 Å². The molecule has 0 saturated carbocycles. The van der Waals surface area contributed by atoms with Crippen LogP contribution in [0.5, 0.6) is 0 Å². The van der Waals surface area contributed by atoms with Gasteiger partial charge in [0.05, 0.1) is 11.1 Å². The molecule has 0 bridgehead atoms. The number of nitrogens with one attached hydrogen (secondary N) is 2. The highest BCUT2D eigenvalue weighted by Gasteiger charge is 2.35. The van der Waals surface area contributed by atoms with Crippen molar-refractivity contribution in [3.8, 4) is 0 Å². The summed E-state index contributed by atoms with van der Waals surface area (Å²) in [6.07, 6.45) is 0.960. The molecule has 1 aromatic heterocycles. The van der Waals surface area contributed by atoms with Crippen LogP contribution in [-0.2, 0) is 0 Å². The molecular weight excluding hydrogens is 266 g/mol. The normalized spacial score (nSPS) is 12.4. The van der Waals surface area contributed by atoms with Gasteiger partial charge >= 0.3 is 0 Å². The van der Waals surface area contributed by atoms with E-state index < -0.39 is 11.1 Å². The van der Waals surface area contributed by atoms with Crippen LogP contribution in [0.15, 0.2) is 0 Å². The lowest BCUT2D eigenvalue weighted by Crippen LogP contribution is -2.51. The quantitative estimate of drug-likeness (QED) is 0.745. The van der Waals surface area contributed by atoms with Crippen molar-refractivity contribution in [1.29, 1.82) is 0 Å². The second-order valence-electron chi connectivity index (χ2n) is 5.49. The van der Waals surface area contributed by atoms with Crippen LogP contribution in [0.25, 0.3) is 0 Å². The van der Waals surface area contributed by atoms with E-state index in [4.69, 9.17) is 11.6 Å². The molecule has 1 rings (SSSR count). The largest absolute Gasteiger partial charge is 0.388 e. The lowest BCUT2D eigenvalue weighted by Gasteiger charge is -2.37. The summed E-state index contributed by atoms with van der Waals surface area (Å²) in [4.78, 5) is 12.2. The molecule has 0 atom stereocenters. The maximum Gasteiger partial charge on any atom is 0.229 e. The van der Waals surface area contributed by atoms with Gasteiger partial charge in [0.1, 0.15) is 0 Å². The Bertz CT molecular complexity index is 431. The number of hydrogen-bond acceptors (Lipinski definition) is 6. The number of anilines is 2. The Morgan fingerprint density at radius 1 is 1.11 bits per heavy atom. The monoisotopic (exact) mass is 287 g/mol. The Labute approximate surface area is 119 Å². The van der Waals surface area contributed by atoms with E-state index in [9.17, 15) is 5.11 Å². The average Bonchev–Trinajstić information content (AvgIpc) is 2.23. The summed E-state index contributed by atoms with van der Waals surface area (Å²) >= 11 is 5.87. The summed E-state index contributed by atoms with van der Waals surface area (Å²) in [5, 5.41) is 16.3. The Morgan fingerprint density at radius 2 is 1.68 bits per heavy atom. The third-order valence-corrected chi connectivity index (χ3v) is 3.26. The topological polar surface area (TPSA) is 83.0 Å². The summed E-state index contributed by atoms with van der Waals surface area (Å²) in [6.45, 7) is 9.98. The van der Waals surface area contributed by atoms with E-state index in [1.165, 1.54) is 0 Å². The molecule has 0 saturated heterocycles. The van der Waals surface area contributed by atoms with Gasteiger partial charge in [-0.15, -0.1) is 0 Å². The fraction of sp³-hybridized carbons (Fsp3) is 0.750. The predicted molar refractivity (Wildman–Crippen MR) is 77.6 cm³/mol. The van der Waals surface area contributed by atoms with Crippen LogP contribution in [0.1, 0.15) is 41.0 Å². The van der Waals surface area contributed by atoms with E-state index >= 15 is 0 Å². The number of nitrogens with zero attached hydrogens (tertiary/aromatic N) is 3. The van der Waals surface area contributed by atoms with E-state index in [1.807, 2.05) is 20.8 Å². The van der Waals surface area contributed by atoms with Gasteiger partial charge in [-0.2, -0.15) is 15.0 Å². The molecule has 0 amide bonds.